The summed E-state index contributed by atoms with van der Waals surface area (Å²) in [6, 6.07) is 50.5. The minimum absolute atomic E-state index is 0.376. The number of aryl methyl sites for hydroxylation is 1. The van der Waals surface area contributed by atoms with Crippen LogP contribution in [0.25, 0.3) is 66.3 Å². The molecule has 5 nitrogen and oxygen atoms in total. The number of aromatic nitrogens is 2. The highest BCUT2D eigenvalue weighted by Crippen LogP contribution is 2.38. The molecule has 3 N–H and O–H groups in total. The van der Waals surface area contributed by atoms with Gasteiger partial charge in [0, 0.05) is 59.6 Å². The zero-order valence-electron chi connectivity index (χ0n) is 36.1. The summed E-state index contributed by atoms with van der Waals surface area (Å²) in [5, 5.41) is 23.4. The van der Waals surface area contributed by atoms with Crippen LogP contribution in [-0.4, -0.2) is 21.7 Å². The molecule has 6 heteroatoms. The molecule has 9 aromatic rings. The lowest BCUT2D eigenvalue weighted by Gasteiger charge is -2.12. The molecule has 3 heterocycles. The van der Waals surface area contributed by atoms with Crippen molar-refractivity contribution in [3.8, 4) is 11.4 Å². The van der Waals surface area contributed by atoms with Crippen molar-refractivity contribution in [2.75, 3.05) is 5.32 Å². The van der Waals surface area contributed by atoms with E-state index in [-0.39, 0.29) is 0 Å². The van der Waals surface area contributed by atoms with Crippen LogP contribution in [0.4, 0.5) is 5.69 Å². The molecule has 0 bridgehead atoms. The maximum absolute atomic E-state index is 8.53. The number of allylic oxidation sites excluding steroid dienone is 5. The predicted molar refractivity (Wildman–Crippen MR) is 274 cm³/mol. The second-order valence-electron chi connectivity index (χ2n) is 14.2. The number of fused-ring (bicyclic) bond motifs is 5. The van der Waals surface area contributed by atoms with E-state index in [4.69, 9.17) is 10.8 Å². The average molecular weight is 830 g/mol. The smallest absolute Gasteiger partial charge is 0.129 e. The van der Waals surface area contributed by atoms with Gasteiger partial charge in [-0.1, -0.05) is 147 Å². The minimum Gasteiger partial charge on any atom is -0.340 e. The highest BCUT2D eigenvalue weighted by Gasteiger charge is 2.17. The molecule has 10 rings (SSSR count). The molecule has 1 aliphatic rings. The lowest BCUT2D eigenvalue weighted by atomic mass is 10.1. The lowest BCUT2D eigenvalue weighted by Crippen LogP contribution is -2.17. The molecule has 0 amide bonds. The first-order chi connectivity index (χ1) is 30.5. The summed E-state index contributed by atoms with van der Waals surface area (Å²) in [6.07, 6.45) is 19.3. The van der Waals surface area contributed by atoms with E-state index >= 15 is 0 Å². The maximum Gasteiger partial charge on any atom is 0.129 e. The molecular formula is C56H55N5S. The first-order valence-corrected chi connectivity index (χ1v) is 21.9. The summed E-state index contributed by atoms with van der Waals surface area (Å²) < 4.78 is 7.15. The summed E-state index contributed by atoms with van der Waals surface area (Å²) in [5.74, 6) is 0.376. The highest BCUT2D eigenvalue weighted by molar-refractivity contribution is 7.17. The number of anilines is 1. The molecule has 0 unspecified atom stereocenters. The van der Waals surface area contributed by atoms with Crippen molar-refractivity contribution in [1.29, 1.82) is 10.8 Å². The van der Waals surface area contributed by atoms with Gasteiger partial charge in [-0.3, -0.25) is 5.41 Å². The summed E-state index contributed by atoms with van der Waals surface area (Å²) in [6.45, 7) is 14.7. The van der Waals surface area contributed by atoms with Gasteiger partial charge in [0.2, 0.25) is 0 Å². The second-order valence-corrected chi connectivity index (χ2v) is 15.3. The fourth-order valence-corrected chi connectivity index (χ4v) is 8.55. The molecule has 0 saturated heterocycles. The number of thiophene rings is 1. The molecule has 3 aromatic heterocycles. The third kappa shape index (κ3) is 10.0. The number of rotatable bonds is 5. The van der Waals surface area contributed by atoms with Crippen molar-refractivity contribution in [3.63, 3.8) is 0 Å². The third-order valence-corrected chi connectivity index (χ3v) is 11.5. The summed E-state index contributed by atoms with van der Waals surface area (Å²) >= 11 is 1.82. The van der Waals surface area contributed by atoms with Gasteiger partial charge < -0.3 is 19.9 Å². The molecule has 62 heavy (non-hydrogen) atoms. The molecule has 6 aromatic carbocycles. The monoisotopic (exact) mass is 829 g/mol. The van der Waals surface area contributed by atoms with Gasteiger partial charge in [0.1, 0.15) is 5.84 Å². The number of nitrogens with one attached hydrogen (secondary N) is 3. The van der Waals surface area contributed by atoms with E-state index < -0.39 is 0 Å². The Morgan fingerprint density at radius 2 is 1.27 bits per heavy atom. The average Bonchev–Trinajstić information content (AvgIpc) is 4.01. The zero-order chi connectivity index (χ0) is 43.8. The minimum atomic E-state index is 0.376. The number of para-hydroxylation sites is 1. The van der Waals surface area contributed by atoms with Crippen molar-refractivity contribution in [2.45, 2.75) is 40.5 Å². The molecule has 1 aliphatic carbocycles. The van der Waals surface area contributed by atoms with Crippen LogP contribution in [0, 0.1) is 17.7 Å². The fourth-order valence-electron chi connectivity index (χ4n) is 7.46. The van der Waals surface area contributed by atoms with Crippen LogP contribution in [0.5, 0.6) is 0 Å². The Kier molecular flexibility index (Phi) is 15.6. The maximum atomic E-state index is 8.53. The van der Waals surface area contributed by atoms with Crippen LogP contribution in [0.15, 0.2) is 189 Å². The molecule has 0 aliphatic heterocycles. The van der Waals surface area contributed by atoms with Crippen molar-refractivity contribution >= 4 is 84.5 Å². The van der Waals surface area contributed by atoms with Gasteiger partial charge in [-0.05, 0) is 105 Å². The van der Waals surface area contributed by atoms with Gasteiger partial charge in [-0.2, -0.15) is 0 Å². The number of benzene rings is 6. The van der Waals surface area contributed by atoms with Crippen LogP contribution in [-0.2, 0) is 0 Å². The standard InChI is InChI=1S/C40H30N4S.C7H8.C6H8.C2H6.CH3N/c1-3-11-31-34-23-32-33-24-35-27(20-21-43(35)29-14-9-6-10-15-29)22-36(33)44(37(32)25-39(34)45-38(31)4-2)30-18-16-28(17-19-30)42-40(41)26-12-7-5-8-13-26;1-7-5-3-2-4-6-7;1-2-4-6-5-3-1;2*1-2/h3-25H,1H2,2H3,(H2,41,42);2-6H,1H3;1-4H,5-6H2;1-2H3;2H,1H2/b31-11-,38-4+;;;;. The fraction of sp³-hybridized carbons (Fsp3) is 0.107. The number of hydrogen-bond donors (Lipinski definition) is 3. The highest BCUT2D eigenvalue weighted by atomic mass is 32.1. The molecule has 0 fully saturated rings. The van der Waals surface area contributed by atoms with Gasteiger partial charge in [0.25, 0.3) is 0 Å². The predicted octanol–water partition coefficient (Wildman–Crippen LogP) is 14.3. The lowest BCUT2D eigenvalue weighted by molar-refractivity contribution is 1.04. The Balaban J connectivity index is 0.000000318. The molecule has 0 spiro atoms. The van der Waals surface area contributed by atoms with E-state index in [9.17, 15) is 0 Å². The van der Waals surface area contributed by atoms with Crippen LogP contribution in [0.3, 0.4) is 0 Å². The largest absolute Gasteiger partial charge is 0.340 e. The van der Waals surface area contributed by atoms with E-state index in [0.29, 0.717) is 5.84 Å². The van der Waals surface area contributed by atoms with Crippen LogP contribution < -0.4 is 15.1 Å². The summed E-state index contributed by atoms with van der Waals surface area (Å²) in [5.41, 5.74) is 8.78. The van der Waals surface area contributed by atoms with Gasteiger partial charge in [0.15, 0.2) is 0 Å². The van der Waals surface area contributed by atoms with E-state index in [2.05, 4.69) is 181 Å². The molecule has 0 saturated carbocycles. The van der Waals surface area contributed by atoms with Crippen LogP contribution >= 0.6 is 11.3 Å². The van der Waals surface area contributed by atoms with E-state index in [1.54, 1.807) is 0 Å². The molecular weight excluding hydrogens is 775 g/mol. The van der Waals surface area contributed by atoms with Crippen molar-refractivity contribution in [2.24, 2.45) is 0 Å². The Labute approximate surface area is 369 Å². The number of nitrogens with zero attached hydrogens (tertiary/aromatic N) is 2. The van der Waals surface area contributed by atoms with Gasteiger partial charge in [-0.25, -0.2) is 0 Å². The van der Waals surface area contributed by atoms with E-state index in [0.717, 1.165) is 28.1 Å². The van der Waals surface area contributed by atoms with Gasteiger partial charge in [-0.15, -0.1) is 11.3 Å². The Hall–Kier alpha value is -7.28. The van der Waals surface area contributed by atoms with Crippen LogP contribution in [0.1, 0.15) is 44.7 Å². The zero-order valence-corrected chi connectivity index (χ0v) is 36.9. The second kappa shape index (κ2) is 21.8. The Morgan fingerprint density at radius 3 is 1.84 bits per heavy atom. The topological polar surface area (TPSA) is 69.6 Å². The Bertz CT molecular complexity index is 3060. The summed E-state index contributed by atoms with van der Waals surface area (Å²) in [7, 11) is 0. The third-order valence-electron chi connectivity index (χ3n) is 10.3. The molecule has 0 radical (unpaired) electrons. The number of hydrogen-bond acceptors (Lipinski definition) is 3. The van der Waals surface area contributed by atoms with Gasteiger partial charge in [0.05, 0.1) is 16.6 Å². The van der Waals surface area contributed by atoms with Gasteiger partial charge >= 0.3 is 0 Å². The SMILES string of the molecule is C1=CCCC=C1.C=C/C=c1\c(=C/C)sc2cc3c(cc12)c1cc2c(ccn2-c2ccccc2)cc1n3-c1ccc(NC(=N)c2ccccc2)cc1.C=N.CC.Cc1ccccc1. The van der Waals surface area contributed by atoms with Crippen molar-refractivity contribution in [3.05, 3.63) is 210 Å². The quantitative estimate of drug-likeness (QED) is 0.117. The normalized spacial score (nSPS) is 12.1. The Morgan fingerprint density at radius 1 is 0.677 bits per heavy atom. The first-order valence-electron chi connectivity index (χ1n) is 21.1. The van der Waals surface area contributed by atoms with Crippen molar-refractivity contribution < 1.29 is 0 Å². The van der Waals surface area contributed by atoms with Crippen molar-refractivity contribution in [1.82, 2.24) is 9.13 Å². The molecule has 310 valence electrons. The first kappa shape index (κ1) is 44.3. The number of amidine groups is 1. The van der Waals surface area contributed by atoms with E-state index in [1.807, 2.05) is 79.8 Å². The van der Waals surface area contributed by atoms with E-state index in [1.165, 1.54) is 65.4 Å². The van der Waals surface area contributed by atoms with Crippen LogP contribution in [0.2, 0.25) is 0 Å². The summed E-state index contributed by atoms with van der Waals surface area (Å²) in [4.78, 5) is 0. The molecule has 0 atom stereocenters.